The van der Waals surface area contributed by atoms with E-state index in [1.165, 1.54) is 27.5 Å². The van der Waals surface area contributed by atoms with Crippen molar-refractivity contribution in [3.63, 3.8) is 0 Å². The van der Waals surface area contributed by atoms with Crippen molar-refractivity contribution in [3.8, 4) is 0 Å². The van der Waals surface area contributed by atoms with Gasteiger partial charge in [-0.3, -0.25) is 4.79 Å². The highest BCUT2D eigenvalue weighted by Gasteiger charge is 2.25. The lowest BCUT2D eigenvalue weighted by Crippen LogP contribution is -3.28. The summed E-state index contributed by atoms with van der Waals surface area (Å²) >= 11 is 6.05. The van der Waals surface area contributed by atoms with Crippen LogP contribution in [0.5, 0.6) is 0 Å². The number of hydrogen-bond acceptors (Lipinski definition) is 1. The zero-order valence-corrected chi connectivity index (χ0v) is 16.7. The molecular weight excluding hydrogens is 384 g/mol. The fourth-order valence-corrected chi connectivity index (χ4v) is 3.91. The van der Waals surface area contributed by atoms with E-state index < -0.39 is 17.7 Å². The number of nitrogens with one attached hydrogen (secondary N) is 3. The standard InChI is InChI=1S/C21H24ClF2N3O/c1-15(19-6-5-18(23)12-20(19)24)25-21(28)14-27-9-7-26(8-10-27)13-16-3-2-4-17(22)11-16/h2-6,11-12,15H,7-10,13-14H2,1H3,(H,25,28)/p+2/t15-/m1/s1. The molecule has 0 bridgehead atoms. The van der Waals surface area contributed by atoms with E-state index in [1.807, 2.05) is 18.2 Å². The van der Waals surface area contributed by atoms with Gasteiger partial charge in [0.15, 0.2) is 6.54 Å². The van der Waals surface area contributed by atoms with Gasteiger partial charge in [0.25, 0.3) is 5.91 Å². The molecule has 0 aliphatic carbocycles. The summed E-state index contributed by atoms with van der Waals surface area (Å²) in [5.41, 5.74) is 1.51. The molecule has 0 aromatic heterocycles. The lowest BCUT2D eigenvalue weighted by Gasteiger charge is -2.29. The van der Waals surface area contributed by atoms with Crippen molar-refractivity contribution in [2.24, 2.45) is 0 Å². The molecule has 1 saturated heterocycles. The second-order valence-corrected chi connectivity index (χ2v) is 7.87. The molecule has 3 N–H and O–H groups in total. The number of amides is 1. The van der Waals surface area contributed by atoms with Crippen LogP contribution in [0, 0.1) is 11.6 Å². The van der Waals surface area contributed by atoms with Crippen LogP contribution >= 0.6 is 11.6 Å². The summed E-state index contributed by atoms with van der Waals surface area (Å²) < 4.78 is 26.9. The SMILES string of the molecule is C[C@@H](NC(=O)C[NH+]1CC[NH+](Cc2cccc(Cl)c2)CC1)c1ccc(F)cc1F. The van der Waals surface area contributed by atoms with Crippen molar-refractivity contribution in [3.05, 3.63) is 70.2 Å². The molecule has 0 unspecified atom stereocenters. The zero-order chi connectivity index (χ0) is 20.1. The van der Waals surface area contributed by atoms with Gasteiger partial charge in [0, 0.05) is 22.2 Å². The molecule has 2 aromatic carbocycles. The van der Waals surface area contributed by atoms with Crippen LogP contribution < -0.4 is 15.1 Å². The van der Waals surface area contributed by atoms with E-state index in [4.69, 9.17) is 11.6 Å². The van der Waals surface area contributed by atoms with Gasteiger partial charge in [-0.15, -0.1) is 0 Å². The Labute approximate surface area is 169 Å². The monoisotopic (exact) mass is 409 g/mol. The summed E-state index contributed by atoms with van der Waals surface area (Å²) in [6, 6.07) is 10.8. The van der Waals surface area contributed by atoms with E-state index in [2.05, 4.69) is 11.4 Å². The molecule has 28 heavy (non-hydrogen) atoms. The lowest BCUT2D eigenvalue weighted by molar-refractivity contribution is -1.02. The third-order valence-electron chi connectivity index (χ3n) is 5.22. The number of halogens is 3. The summed E-state index contributed by atoms with van der Waals surface area (Å²) in [6.07, 6.45) is 0. The van der Waals surface area contributed by atoms with Crippen LogP contribution in [0.4, 0.5) is 8.78 Å². The highest BCUT2D eigenvalue weighted by Crippen LogP contribution is 2.17. The van der Waals surface area contributed by atoms with Crippen LogP contribution in [0.1, 0.15) is 24.1 Å². The predicted molar refractivity (Wildman–Crippen MR) is 104 cm³/mol. The second-order valence-electron chi connectivity index (χ2n) is 7.44. The zero-order valence-electron chi connectivity index (χ0n) is 15.9. The first kappa shape index (κ1) is 20.7. The molecule has 2 aromatic rings. The summed E-state index contributed by atoms with van der Waals surface area (Å²) in [4.78, 5) is 15.0. The summed E-state index contributed by atoms with van der Waals surface area (Å²) in [5, 5.41) is 3.57. The summed E-state index contributed by atoms with van der Waals surface area (Å²) in [7, 11) is 0. The normalized spacial score (nSPS) is 20.6. The first-order valence-corrected chi connectivity index (χ1v) is 9.94. The fourth-order valence-electron chi connectivity index (χ4n) is 3.70. The maximum absolute atomic E-state index is 13.8. The number of carbonyl (C=O) groups is 1. The number of benzene rings is 2. The Hall–Kier alpha value is -2.02. The molecular formula is C21H26ClF2N3O+2. The number of rotatable bonds is 6. The smallest absolute Gasteiger partial charge is 0.275 e. The molecule has 1 fully saturated rings. The van der Waals surface area contributed by atoms with Crippen LogP contribution in [-0.2, 0) is 11.3 Å². The van der Waals surface area contributed by atoms with E-state index in [9.17, 15) is 13.6 Å². The van der Waals surface area contributed by atoms with Crippen LogP contribution in [0.15, 0.2) is 42.5 Å². The topological polar surface area (TPSA) is 38.0 Å². The molecule has 1 aliphatic rings. The van der Waals surface area contributed by atoms with Gasteiger partial charge in [-0.05, 0) is 25.1 Å². The van der Waals surface area contributed by atoms with Crippen molar-refractivity contribution < 1.29 is 23.4 Å². The quantitative estimate of drug-likeness (QED) is 0.648. The van der Waals surface area contributed by atoms with Gasteiger partial charge in [0.1, 0.15) is 44.4 Å². The molecule has 0 spiro atoms. The maximum atomic E-state index is 13.8. The minimum atomic E-state index is -0.640. The first-order chi connectivity index (χ1) is 13.4. The van der Waals surface area contributed by atoms with Gasteiger partial charge in [-0.25, -0.2) is 8.78 Å². The average molecular weight is 410 g/mol. The van der Waals surface area contributed by atoms with Gasteiger partial charge in [0.2, 0.25) is 0 Å². The Morgan fingerprint density at radius 1 is 1.11 bits per heavy atom. The molecule has 1 amide bonds. The second kappa shape index (κ2) is 9.45. The molecule has 1 aliphatic heterocycles. The van der Waals surface area contributed by atoms with Gasteiger partial charge < -0.3 is 15.1 Å². The van der Waals surface area contributed by atoms with Gasteiger partial charge in [0.05, 0.1) is 6.04 Å². The highest BCUT2D eigenvalue weighted by molar-refractivity contribution is 6.30. The number of piperazine rings is 1. The van der Waals surface area contributed by atoms with Crippen LogP contribution in [-0.4, -0.2) is 38.6 Å². The molecule has 3 rings (SSSR count). The minimum Gasteiger partial charge on any atom is -0.345 e. The highest BCUT2D eigenvalue weighted by atomic mass is 35.5. The first-order valence-electron chi connectivity index (χ1n) is 9.56. The molecule has 150 valence electrons. The van der Waals surface area contributed by atoms with Crippen molar-refractivity contribution in [2.45, 2.75) is 19.5 Å². The van der Waals surface area contributed by atoms with Gasteiger partial charge in [-0.1, -0.05) is 29.8 Å². The van der Waals surface area contributed by atoms with Crippen molar-refractivity contribution in [1.29, 1.82) is 0 Å². The fraction of sp³-hybridized carbons (Fsp3) is 0.381. The van der Waals surface area contributed by atoms with Crippen LogP contribution in [0.3, 0.4) is 0 Å². The molecule has 0 radical (unpaired) electrons. The predicted octanol–water partition coefficient (Wildman–Crippen LogP) is 0.779. The Balaban J connectivity index is 1.44. The van der Waals surface area contributed by atoms with Crippen molar-refractivity contribution in [1.82, 2.24) is 5.32 Å². The Morgan fingerprint density at radius 2 is 1.82 bits per heavy atom. The molecule has 4 nitrogen and oxygen atoms in total. The van der Waals surface area contributed by atoms with E-state index in [0.717, 1.165) is 43.8 Å². The van der Waals surface area contributed by atoms with Crippen LogP contribution in [0.2, 0.25) is 5.02 Å². The minimum absolute atomic E-state index is 0.121. The molecule has 1 atom stereocenters. The molecule has 1 heterocycles. The Bertz CT molecular complexity index is 825. The average Bonchev–Trinajstić information content (AvgIpc) is 2.63. The Kier molecular flexibility index (Phi) is 6.99. The largest absolute Gasteiger partial charge is 0.345 e. The number of quaternary nitrogens is 2. The van der Waals surface area contributed by atoms with E-state index in [0.29, 0.717) is 12.1 Å². The molecule has 0 saturated carbocycles. The van der Waals surface area contributed by atoms with E-state index >= 15 is 0 Å². The Morgan fingerprint density at radius 3 is 2.50 bits per heavy atom. The van der Waals surface area contributed by atoms with Crippen molar-refractivity contribution >= 4 is 17.5 Å². The van der Waals surface area contributed by atoms with E-state index in [1.54, 1.807) is 6.92 Å². The third kappa shape index (κ3) is 5.74. The third-order valence-corrected chi connectivity index (χ3v) is 5.46. The molecule has 7 heteroatoms. The van der Waals surface area contributed by atoms with Crippen molar-refractivity contribution in [2.75, 3.05) is 32.7 Å². The van der Waals surface area contributed by atoms with Gasteiger partial charge in [-0.2, -0.15) is 0 Å². The summed E-state index contributed by atoms with van der Waals surface area (Å²) in [5.74, 6) is -1.38. The lowest BCUT2D eigenvalue weighted by atomic mass is 10.1. The summed E-state index contributed by atoms with van der Waals surface area (Å²) in [6.45, 7) is 6.77. The van der Waals surface area contributed by atoms with Crippen LogP contribution in [0.25, 0.3) is 0 Å². The number of carbonyl (C=O) groups excluding carboxylic acids is 1. The van der Waals surface area contributed by atoms with E-state index in [-0.39, 0.29) is 5.91 Å². The van der Waals surface area contributed by atoms with Gasteiger partial charge >= 0.3 is 0 Å². The number of hydrogen-bond donors (Lipinski definition) is 3. The maximum Gasteiger partial charge on any atom is 0.275 e.